The largest absolute Gasteiger partial charge is 0.619 e. The summed E-state index contributed by atoms with van der Waals surface area (Å²) in [5.74, 6) is -0.286. The highest BCUT2D eigenvalue weighted by Gasteiger charge is 2.30. The number of aromatic nitrogens is 1. The maximum atomic E-state index is 10.8. The molecule has 1 saturated heterocycles. The zero-order valence-corrected chi connectivity index (χ0v) is 8.61. The van der Waals surface area contributed by atoms with Gasteiger partial charge in [0.15, 0.2) is 12.4 Å². The standard InChI is InChI=1S/C9H10N2O3S/c12-9(13)7-5-15-8(10-7)6-1-3-11(14)4-2-6/h1-4,7-8,10H,5H2,(H,12,13)/t7?,8-/m1/s1. The number of thioether (sulfide) groups is 1. The Morgan fingerprint density at radius 2 is 2.27 bits per heavy atom. The zero-order chi connectivity index (χ0) is 10.8. The van der Waals surface area contributed by atoms with E-state index in [2.05, 4.69) is 5.32 Å². The lowest BCUT2D eigenvalue weighted by molar-refractivity contribution is -0.605. The van der Waals surface area contributed by atoms with Gasteiger partial charge in [-0.25, -0.2) is 0 Å². The van der Waals surface area contributed by atoms with Crippen LogP contribution in [0.15, 0.2) is 24.5 Å². The van der Waals surface area contributed by atoms with Crippen molar-refractivity contribution in [2.24, 2.45) is 0 Å². The molecule has 0 spiro atoms. The second-order valence-corrected chi connectivity index (χ2v) is 4.40. The molecule has 0 saturated carbocycles. The van der Waals surface area contributed by atoms with Gasteiger partial charge in [0.2, 0.25) is 0 Å². The van der Waals surface area contributed by atoms with Crippen molar-refractivity contribution in [2.75, 3.05) is 5.75 Å². The Morgan fingerprint density at radius 1 is 1.60 bits per heavy atom. The number of carboxylic acids is 1. The molecule has 1 aliphatic rings. The highest BCUT2D eigenvalue weighted by molar-refractivity contribution is 7.99. The van der Waals surface area contributed by atoms with Gasteiger partial charge in [-0.1, -0.05) is 0 Å². The van der Waals surface area contributed by atoms with Gasteiger partial charge < -0.3 is 10.3 Å². The average molecular weight is 226 g/mol. The smallest absolute Gasteiger partial charge is 0.321 e. The molecule has 0 amide bonds. The van der Waals surface area contributed by atoms with Crippen LogP contribution in [0.1, 0.15) is 10.9 Å². The third kappa shape index (κ3) is 2.21. The van der Waals surface area contributed by atoms with Crippen molar-refractivity contribution in [3.05, 3.63) is 35.3 Å². The van der Waals surface area contributed by atoms with Crippen molar-refractivity contribution in [1.29, 1.82) is 0 Å². The predicted octanol–water partition coefficient (Wildman–Crippen LogP) is 0.108. The molecule has 1 aromatic heterocycles. The molecule has 2 N–H and O–H groups in total. The molecule has 1 unspecified atom stereocenters. The van der Waals surface area contributed by atoms with Gasteiger partial charge in [0.1, 0.15) is 6.04 Å². The van der Waals surface area contributed by atoms with Gasteiger partial charge in [-0.3, -0.25) is 10.1 Å². The second-order valence-electron chi connectivity index (χ2n) is 3.26. The molecule has 6 heteroatoms. The maximum absolute atomic E-state index is 10.8. The molecule has 2 heterocycles. The van der Waals surface area contributed by atoms with Crippen LogP contribution in [0, 0.1) is 5.21 Å². The minimum atomic E-state index is -0.833. The summed E-state index contributed by atoms with van der Waals surface area (Å²) >= 11 is 1.53. The van der Waals surface area contributed by atoms with Crippen LogP contribution in [0.25, 0.3) is 0 Å². The Balaban J connectivity index is 2.07. The number of pyridine rings is 1. The Kier molecular flexibility index (Phi) is 2.79. The number of aliphatic carboxylic acids is 1. The minimum absolute atomic E-state index is 0.0349. The molecule has 0 aromatic carbocycles. The molecule has 1 aromatic rings. The molecular formula is C9H10N2O3S. The molecule has 1 fully saturated rings. The van der Waals surface area contributed by atoms with Gasteiger partial charge in [-0.2, -0.15) is 4.73 Å². The van der Waals surface area contributed by atoms with Crippen molar-refractivity contribution in [3.8, 4) is 0 Å². The van der Waals surface area contributed by atoms with Crippen molar-refractivity contribution in [2.45, 2.75) is 11.4 Å². The van der Waals surface area contributed by atoms with Crippen LogP contribution in [0.5, 0.6) is 0 Å². The number of hydrogen-bond donors (Lipinski definition) is 2. The van der Waals surface area contributed by atoms with Crippen molar-refractivity contribution < 1.29 is 14.6 Å². The lowest BCUT2D eigenvalue weighted by atomic mass is 10.2. The lowest BCUT2D eigenvalue weighted by Crippen LogP contribution is -2.34. The summed E-state index contributed by atoms with van der Waals surface area (Å²) in [6, 6.07) is 2.89. The molecule has 1 aliphatic heterocycles. The summed E-state index contributed by atoms with van der Waals surface area (Å²) in [7, 11) is 0. The first kappa shape index (κ1) is 10.3. The molecule has 0 radical (unpaired) electrons. The van der Waals surface area contributed by atoms with Crippen LogP contribution in [0.4, 0.5) is 0 Å². The van der Waals surface area contributed by atoms with E-state index in [1.165, 1.54) is 24.2 Å². The number of nitrogens with zero attached hydrogens (tertiary/aromatic N) is 1. The van der Waals surface area contributed by atoms with Gasteiger partial charge >= 0.3 is 5.97 Å². The highest BCUT2D eigenvalue weighted by Crippen LogP contribution is 2.32. The van der Waals surface area contributed by atoms with E-state index in [0.29, 0.717) is 10.5 Å². The third-order valence-corrected chi connectivity index (χ3v) is 3.48. The first-order valence-electron chi connectivity index (χ1n) is 4.46. The number of nitrogens with one attached hydrogen (secondary N) is 1. The fourth-order valence-electron chi connectivity index (χ4n) is 1.41. The van der Waals surface area contributed by atoms with Gasteiger partial charge in [-0.15, -0.1) is 11.8 Å². The molecule has 0 bridgehead atoms. The Morgan fingerprint density at radius 3 is 2.80 bits per heavy atom. The van der Waals surface area contributed by atoms with Crippen LogP contribution in [0.3, 0.4) is 0 Å². The van der Waals surface area contributed by atoms with Crippen molar-refractivity contribution in [3.63, 3.8) is 0 Å². The van der Waals surface area contributed by atoms with E-state index in [4.69, 9.17) is 5.11 Å². The van der Waals surface area contributed by atoms with Gasteiger partial charge in [0, 0.05) is 17.9 Å². The highest BCUT2D eigenvalue weighted by atomic mass is 32.2. The van der Waals surface area contributed by atoms with Gasteiger partial charge in [0.25, 0.3) is 0 Å². The summed E-state index contributed by atoms with van der Waals surface area (Å²) in [5, 5.41) is 22.5. The van der Waals surface area contributed by atoms with Gasteiger partial charge in [0.05, 0.1) is 5.37 Å². The van der Waals surface area contributed by atoms with Crippen LogP contribution < -0.4 is 10.0 Å². The fraction of sp³-hybridized carbons (Fsp3) is 0.333. The summed E-state index contributed by atoms with van der Waals surface area (Å²) in [6.07, 6.45) is 2.82. The number of carbonyl (C=O) groups is 1. The van der Waals surface area contributed by atoms with Crippen LogP contribution in [-0.2, 0) is 4.79 Å². The Labute approximate surface area is 90.7 Å². The van der Waals surface area contributed by atoms with Crippen molar-refractivity contribution in [1.82, 2.24) is 5.32 Å². The summed E-state index contributed by atoms with van der Waals surface area (Å²) in [5.41, 5.74) is 0.927. The maximum Gasteiger partial charge on any atom is 0.321 e. The number of hydrogen-bond acceptors (Lipinski definition) is 4. The third-order valence-electron chi connectivity index (χ3n) is 2.21. The molecule has 80 valence electrons. The van der Waals surface area contributed by atoms with E-state index in [-0.39, 0.29) is 5.37 Å². The molecule has 2 atom stereocenters. The van der Waals surface area contributed by atoms with Gasteiger partial charge in [-0.05, 0) is 5.56 Å². The van der Waals surface area contributed by atoms with E-state index in [1.807, 2.05) is 0 Å². The van der Waals surface area contributed by atoms with Crippen LogP contribution in [-0.4, -0.2) is 22.9 Å². The lowest BCUT2D eigenvalue weighted by Gasteiger charge is -2.10. The van der Waals surface area contributed by atoms with E-state index in [0.717, 1.165) is 5.56 Å². The van der Waals surface area contributed by atoms with E-state index >= 15 is 0 Å². The Bertz CT molecular complexity index is 368. The zero-order valence-electron chi connectivity index (χ0n) is 7.79. The topological polar surface area (TPSA) is 76.3 Å². The van der Waals surface area contributed by atoms with E-state index in [1.54, 1.807) is 12.1 Å². The average Bonchev–Trinajstić information content (AvgIpc) is 2.68. The first-order valence-corrected chi connectivity index (χ1v) is 5.51. The first-order chi connectivity index (χ1) is 7.16. The predicted molar refractivity (Wildman–Crippen MR) is 55.2 cm³/mol. The quantitative estimate of drug-likeness (QED) is 0.553. The van der Waals surface area contributed by atoms with Crippen LogP contribution >= 0.6 is 11.8 Å². The molecule has 15 heavy (non-hydrogen) atoms. The number of carboxylic acid groups (broad SMARTS) is 1. The van der Waals surface area contributed by atoms with Crippen molar-refractivity contribution >= 4 is 17.7 Å². The van der Waals surface area contributed by atoms with Crippen LogP contribution in [0.2, 0.25) is 0 Å². The normalized spacial score (nSPS) is 25.3. The molecule has 2 rings (SSSR count). The fourth-order valence-corrected chi connectivity index (χ4v) is 2.64. The van der Waals surface area contributed by atoms with E-state index < -0.39 is 12.0 Å². The Hall–Kier alpha value is -1.27. The number of rotatable bonds is 2. The summed E-state index contributed by atoms with van der Waals surface area (Å²) in [4.78, 5) is 10.7. The SMILES string of the molecule is O=C(O)C1CS[C@H](c2cc[n+]([O-])cc2)N1. The second kappa shape index (κ2) is 4.08. The summed E-state index contributed by atoms with van der Waals surface area (Å²) < 4.78 is 0.706. The molecule has 0 aliphatic carbocycles. The monoisotopic (exact) mass is 226 g/mol. The molecule has 5 nitrogen and oxygen atoms in total. The van der Waals surface area contributed by atoms with E-state index in [9.17, 15) is 10.0 Å². The minimum Gasteiger partial charge on any atom is -0.619 e. The summed E-state index contributed by atoms with van der Waals surface area (Å²) in [6.45, 7) is 0. The molecular weight excluding hydrogens is 216 g/mol.